The smallest absolute Gasteiger partial charge is 0.267 e. The third-order valence-electron chi connectivity index (χ3n) is 4.62. The summed E-state index contributed by atoms with van der Waals surface area (Å²) in [7, 11) is 1.55. The lowest BCUT2D eigenvalue weighted by atomic mass is 10.1. The summed E-state index contributed by atoms with van der Waals surface area (Å²) in [5.41, 5.74) is 19.9. The predicted molar refractivity (Wildman–Crippen MR) is 125 cm³/mol. The molecule has 0 aliphatic heterocycles. The summed E-state index contributed by atoms with van der Waals surface area (Å²) in [5.74, 6) is 1.58. The van der Waals surface area contributed by atoms with Gasteiger partial charge in [0.1, 0.15) is 28.8 Å². The molecule has 1 amide bonds. The van der Waals surface area contributed by atoms with Crippen molar-refractivity contribution in [2.24, 2.45) is 5.73 Å². The number of hydrogen-bond donors (Lipinski definition) is 4. The first-order valence-corrected chi connectivity index (χ1v) is 9.80. The normalized spacial score (nSPS) is 10.5. The number of amides is 1. The van der Waals surface area contributed by atoms with E-state index >= 15 is 0 Å². The van der Waals surface area contributed by atoms with Crippen LogP contribution in [0.4, 0.5) is 23.1 Å². The molecule has 0 saturated carbocycles. The van der Waals surface area contributed by atoms with Crippen LogP contribution in [0.15, 0.2) is 66.9 Å². The summed E-state index contributed by atoms with van der Waals surface area (Å²) in [6.07, 6.45) is 1.46. The Labute approximate surface area is 189 Å². The van der Waals surface area contributed by atoms with Crippen LogP contribution in [-0.4, -0.2) is 28.0 Å². The lowest BCUT2D eigenvalue weighted by Crippen LogP contribution is -2.12. The number of carbonyl (C=O) groups is 1. The molecule has 4 rings (SSSR count). The molecule has 2 heterocycles. The molecule has 0 unspecified atom stereocenters. The van der Waals surface area contributed by atoms with Gasteiger partial charge in [0, 0.05) is 29.6 Å². The Morgan fingerprint density at radius 3 is 2.45 bits per heavy atom. The highest BCUT2D eigenvalue weighted by molar-refractivity contribution is 5.91. The summed E-state index contributed by atoms with van der Waals surface area (Å²) in [6, 6.07) is 17.4. The van der Waals surface area contributed by atoms with E-state index in [1.165, 1.54) is 12.3 Å². The number of aromatic nitrogens is 3. The number of benzene rings is 2. The van der Waals surface area contributed by atoms with E-state index in [4.69, 9.17) is 26.7 Å². The quantitative estimate of drug-likeness (QED) is 0.313. The summed E-state index contributed by atoms with van der Waals surface area (Å²) in [4.78, 5) is 23.7. The number of nitrogen functional groups attached to an aromatic ring is 2. The van der Waals surface area contributed by atoms with Gasteiger partial charge < -0.3 is 32.0 Å². The number of carbonyl (C=O) groups excluding carboxylic acids is 1. The number of nitrogens with one attached hydrogen (secondary N) is 1. The van der Waals surface area contributed by atoms with Crippen molar-refractivity contribution in [3.05, 3.63) is 72.6 Å². The van der Waals surface area contributed by atoms with Crippen LogP contribution in [0, 0.1) is 0 Å². The predicted octanol–water partition coefficient (Wildman–Crippen LogP) is 3.35. The molecule has 4 aromatic rings. The van der Waals surface area contributed by atoms with Gasteiger partial charge in [-0.25, -0.2) is 4.98 Å². The van der Waals surface area contributed by atoms with Gasteiger partial charge in [0.05, 0.1) is 18.5 Å². The first-order valence-electron chi connectivity index (χ1n) is 9.80. The van der Waals surface area contributed by atoms with Gasteiger partial charge in [0.2, 0.25) is 5.95 Å². The van der Waals surface area contributed by atoms with Crippen molar-refractivity contribution >= 4 is 29.0 Å². The molecule has 0 atom stereocenters. The van der Waals surface area contributed by atoms with Crippen molar-refractivity contribution in [2.75, 3.05) is 23.9 Å². The molecule has 33 heavy (non-hydrogen) atoms. The number of nitrogens with two attached hydrogens (primary N) is 3. The van der Waals surface area contributed by atoms with E-state index in [0.29, 0.717) is 34.4 Å². The maximum atomic E-state index is 11.3. The molecule has 0 saturated heterocycles. The standard InChI is InChI=1S/C23H21N7O3/c1-32-20-10-13(2-7-17(20)24)18-12-21(30-23(26)29-18)28-14-3-5-15(6-4-14)33-16-8-9-27-19(11-16)22(25)31/h2-12H,24H2,1H3,(H2,25,31)(H3,26,28,29,30). The van der Waals surface area contributed by atoms with E-state index in [-0.39, 0.29) is 11.6 Å². The Hall–Kier alpha value is -4.86. The van der Waals surface area contributed by atoms with Gasteiger partial charge >= 0.3 is 0 Å². The topological polar surface area (TPSA) is 164 Å². The Morgan fingerprint density at radius 1 is 0.939 bits per heavy atom. The van der Waals surface area contributed by atoms with Crippen LogP contribution < -0.4 is 32.0 Å². The monoisotopic (exact) mass is 443 g/mol. The molecule has 0 bridgehead atoms. The fraction of sp³-hybridized carbons (Fsp3) is 0.0435. The fourth-order valence-corrected chi connectivity index (χ4v) is 3.05. The third-order valence-corrected chi connectivity index (χ3v) is 4.62. The Morgan fingerprint density at radius 2 is 1.73 bits per heavy atom. The number of ether oxygens (including phenoxy) is 2. The van der Waals surface area contributed by atoms with Crippen LogP contribution in [0.3, 0.4) is 0 Å². The summed E-state index contributed by atoms with van der Waals surface area (Å²) < 4.78 is 11.0. The molecular weight excluding hydrogens is 422 g/mol. The minimum atomic E-state index is -0.624. The molecule has 2 aromatic carbocycles. The van der Waals surface area contributed by atoms with Crippen molar-refractivity contribution in [3.8, 4) is 28.5 Å². The van der Waals surface area contributed by atoms with E-state index in [1.807, 2.05) is 18.2 Å². The van der Waals surface area contributed by atoms with Gasteiger partial charge in [-0.3, -0.25) is 9.78 Å². The molecule has 2 aromatic heterocycles. The minimum absolute atomic E-state index is 0.119. The Bertz CT molecular complexity index is 1310. The lowest BCUT2D eigenvalue weighted by Gasteiger charge is -2.11. The van der Waals surface area contributed by atoms with Crippen LogP contribution in [0.1, 0.15) is 10.5 Å². The van der Waals surface area contributed by atoms with Crippen molar-refractivity contribution in [2.45, 2.75) is 0 Å². The molecule has 0 spiro atoms. The second-order valence-electron chi connectivity index (χ2n) is 6.95. The SMILES string of the molecule is COc1cc(-c2cc(Nc3ccc(Oc4ccnc(C(N)=O)c4)cc3)nc(N)n2)ccc1N. The summed E-state index contributed by atoms with van der Waals surface area (Å²) in [6.45, 7) is 0. The highest BCUT2D eigenvalue weighted by Crippen LogP contribution is 2.30. The summed E-state index contributed by atoms with van der Waals surface area (Å²) >= 11 is 0. The van der Waals surface area contributed by atoms with E-state index in [0.717, 1.165) is 11.3 Å². The van der Waals surface area contributed by atoms with Crippen molar-refractivity contribution in [1.29, 1.82) is 0 Å². The fourth-order valence-electron chi connectivity index (χ4n) is 3.05. The molecule has 166 valence electrons. The van der Waals surface area contributed by atoms with Crippen molar-refractivity contribution < 1.29 is 14.3 Å². The number of primary amides is 1. The van der Waals surface area contributed by atoms with Crippen LogP contribution >= 0.6 is 0 Å². The highest BCUT2D eigenvalue weighted by atomic mass is 16.5. The highest BCUT2D eigenvalue weighted by Gasteiger charge is 2.09. The second kappa shape index (κ2) is 9.10. The van der Waals surface area contributed by atoms with Crippen molar-refractivity contribution in [3.63, 3.8) is 0 Å². The van der Waals surface area contributed by atoms with Gasteiger partial charge in [0.25, 0.3) is 5.91 Å². The van der Waals surface area contributed by atoms with E-state index < -0.39 is 5.91 Å². The molecule has 7 N–H and O–H groups in total. The van der Waals surface area contributed by atoms with Crippen LogP contribution in [0.5, 0.6) is 17.2 Å². The van der Waals surface area contributed by atoms with E-state index in [9.17, 15) is 4.79 Å². The number of rotatable bonds is 7. The molecule has 0 aliphatic rings. The van der Waals surface area contributed by atoms with Crippen LogP contribution in [0.25, 0.3) is 11.3 Å². The molecule has 0 aliphatic carbocycles. The molecule has 10 nitrogen and oxygen atoms in total. The first-order chi connectivity index (χ1) is 15.9. The average molecular weight is 443 g/mol. The first kappa shape index (κ1) is 21.4. The largest absolute Gasteiger partial charge is 0.495 e. The van der Waals surface area contributed by atoms with Crippen LogP contribution in [-0.2, 0) is 0 Å². The average Bonchev–Trinajstić information content (AvgIpc) is 2.80. The molecular formula is C23H21N7O3. The van der Waals surface area contributed by atoms with E-state index in [1.54, 1.807) is 43.5 Å². The second-order valence-corrected chi connectivity index (χ2v) is 6.95. The maximum absolute atomic E-state index is 11.3. The molecule has 0 radical (unpaired) electrons. The van der Waals surface area contributed by atoms with E-state index in [2.05, 4.69) is 20.3 Å². The third kappa shape index (κ3) is 5.07. The minimum Gasteiger partial charge on any atom is -0.495 e. The van der Waals surface area contributed by atoms with Gasteiger partial charge in [0.15, 0.2) is 0 Å². The van der Waals surface area contributed by atoms with Crippen molar-refractivity contribution in [1.82, 2.24) is 15.0 Å². The zero-order chi connectivity index (χ0) is 23.4. The van der Waals surface area contributed by atoms with Gasteiger partial charge in [-0.15, -0.1) is 0 Å². The number of hydrogen-bond acceptors (Lipinski definition) is 9. The number of methoxy groups -OCH3 is 1. The van der Waals surface area contributed by atoms with Gasteiger partial charge in [-0.05, 0) is 42.5 Å². The summed E-state index contributed by atoms with van der Waals surface area (Å²) in [5, 5.41) is 3.20. The molecule has 10 heteroatoms. The van der Waals surface area contributed by atoms with Gasteiger partial charge in [-0.2, -0.15) is 4.98 Å². The number of anilines is 4. The Balaban J connectivity index is 1.51. The molecule has 0 fully saturated rings. The zero-order valence-corrected chi connectivity index (χ0v) is 17.6. The lowest BCUT2D eigenvalue weighted by molar-refractivity contribution is 0.0995. The number of nitrogens with zero attached hydrogens (tertiary/aromatic N) is 3. The zero-order valence-electron chi connectivity index (χ0n) is 17.6. The maximum Gasteiger partial charge on any atom is 0.267 e. The van der Waals surface area contributed by atoms with Crippen LogP contribution in [0.2, 0.25) is 0 Å². The number of pyridine rings is 1. The van der Waals surface area contributed by atoms with Gasteiger partial charge in [-0.1, -0.05) is 6.07 Å². The Kier molecular flexibility index (Phi) is 5.90.